The van der Waals surface area contributed by atoms with Crippen LogP contribution in [0.5, 0.6) is 0 Å². The third-order valence-corrected chi connectivity index (χ3v) is 4.84. The Kier molecular flexibility index (Phi) is 6.11. The molecule has 0 radical (unpaired) electrons. The third-order valence-electron chi connectivity index (χ3n) is 4.53. The molecule has 1 aliphatic carbocycles. The van der Waals surface area contributed by atoms with Crippen LogP contribution in [0.3, 0.4) is 0 Å². The van der Waals surface area contributed by atoms with Gasteiger partial charge in [0, 0.05) is 12.1 Å². The lowest BCUT2D eigenvalue weighted by atomic mass is 9.96. The van der Waals surface area contributed by atoms with Crippen molar-refractivity contribution in [2.45, 2.75) is 50.5 Å². The standard InChI is InChI=1S/C18H17ClF6N4/c19-12-8-4-7-11(17(20,21)22)15(12)28-14-9-13(18(23,24)25)27-16(29-14)26-10-5-2-1-3-6-10/h4,7-10H,1-3,5-6H2,(H2,26,27,28,29). The van der Waals surface area contributed by atoms with Crippen molar-refractivity contribution in [3.8, 4) is 0 Å². The zero-order valence-electron chi connectivity index (χ0n) is 15.0. The third kappa shape index (κ3) is 5.43. The first-order valence-electron chi connectivity index (χ1n) is 8.89. The van der Waals surface area contributed by atoms with Gasteiger partial charge in [0.15, 0.2) is 5.69 Å². The normalized spacial score (nSPS) is 16.0. The zero-order valence-corrected chi connectivity index (χ0v) is 15.7. The van der Waals surface area contributed by atoms with Crippen LogP contribution < -0.4 is 10.6 Å². The molecule has 0 atom stereocenters. The SMILES string of the molecule is FC(F)(F)c1cc(Nc2c(Cl)cccc2C(F)(F)F)nc(NC2CCCCC2)n1. The summed E-state index contributed by atoms with van der Waals surface area (Å²) < 4.78 is 79.6. The lowest BCUT2D eigenvalue weighted by Crippen LogP contribution is -2.24. The average molecular weight is 439 g/mol. The van der Waals surface area contributed by atoms with Crippen LogP contribution >= 0.6 is 11.6 Å². The van der Waals surface area contributed by atoms with E-state index < -0.39 is 35.1 Å². The average Bonchev–Trinajstić information content (AvgIpc) is 2.62. The van der Waals surface area contributed by atoms with E-state index in [9.17, 15) is 26.3 Å². The van der Waals surface area contributed by atoms with Gasteiger partial charge in [-0.1, -0.05) is 36.9 Å². The monoisotopic (exact) mass is 438 g/mol. The van der Waals surface area contributed by atoms with Crippen molar-refractivity contribution in [3.63, 3.8) is 0 Å². The summed E-state index contributed by atoms with van der Waals surface area (Å²) >= 11 is 5.87. The largest absolute Gasteiger partial charge is 0.433 e. The molecule has 1 aliphatic rings. The Morgan fingerprint density at radius 1 is 0.931 bits per heavy atom. The molecule has 1 aromatic carbocycles. The number of hydrogen-bond acceptors (Lipinski definition) is 4. The molecular formula is C18H17ClF6N4. The van der Waals surface area contributed by atoms with E-state index in [1.54, 1.807) is 0 Å². The summed E-state index contributed by atoms with van der Waals surface area (Å²) in [4.78, 5) is 7.43. The van der Waals surface area contributed by atoms with Crippen LogP contribution in [-0.2, 0) is 12.4 Å². The second-order valence-electron chi connectivity index (χ2n) is 6.72. The van der Waals surface area contributed by atoms with Crippen molar-refractivity contribution in [3.05, 3.63) is 40.5 Å². The maximum atomic E-state index is 13.3. The van der Waals surface area contributed by atoms with Crippen LogP contribution in [0.4, 0.5) is 43.8 Å². The van der Waals surface area contributed by atoms with Gasteiger partial charge in [0.25, 0.3) is 0 Å². The summed E-state index contributed by atoms with van der Waals surface area (Å²) in [5.41, 5.74) is -2.95. The lowest BCUT2D eigenvalue weighted by Gasteiger charge is -2.23. The molecule has 0 unspecified atom stereocenters. The van der Waals surface area contributed by atoms with Gasteiger partial charge in [-0.25, -0.2) is 4.98 Å². The summed E-state index contributed by atoms with van der Waals surface area (Å²) in [7, 11) is 0. The van der Waals surface area contributed by atoms with E-state index in [4.69, 9.17) is 11.6 Å². The van der Waals surface area contributed by atoms with E-state index in [0.717, 1.165) is 44.2 Å². The molecule has 3 rings (SSSR count). The Balaban J connectivity index is 1.98. The minimum atomic E-state index is -4.80. The fourth-order valence-electron chi connectivity index (χ4n) is 3.17. The van der Waals surface area contributed by atoms with E-state index in [1.807, 2.05) is 0 Å². The number of nitrogens with one attached hydrogen (secondary N) is 2. The predicted octanol–water partition coefficient (Wildman–Crippen LogP) is 6.66. The summed E-state index contributed by atoms with van der Waals surface area (Å²) in [5.74, 6) is -0.737. The summed E-state index contributed by atoms with van der Waals surface area (Å²) in [6.45, 7) is 0. The highest BCUT2D eigenvalue weighted by atomic mass is 35.5. The van der Waals surface area contributed by atoms with Gasteiger partial charge in [0.05, 0.1) is 16.3 Å². The molecule has 1 heterocycles. The Hall–Kier alpha value is -2.23. The number of hydrogen-bond donors (Lipinski definition) is 2. The number of rotatable bonds is 4. The minimum Gasteiger partial charge on any atom is -0.351 e. The van der Waals surface area contributed by atoms with Gasteiger partial charge in [0.2, 0.25) is 5.95 Å². The number of benzene rings is 1. The highest BCUT2D eigenvalue weighted by Crippen LogP contribution is 2.40. The highest BCUT2D eigenvalue weighted by Gasteiger charge is 2.36. The molecule has 0 saturated heterocycles. The number of aromatic nitrogens is 2. The molecule has 158 valence electrons. The zero-order chi connectivity index (χ0) is 21.2. The molecule has 1 fully saturated rings. The predicted molar refractivity (Wildman–Crippen MR) is 97.3 cm³/mol. The molecule has 4 nitrogen and oxygen atoms in total. The van der Waals surface area contributed by atoms with Crippen molar-refractivity contribution in [2.75, 3.05) is 10.6 Å². The quantitative estimate of drug-likeness (QED) is 0.524. The highest BCUT2D eigenvalue weighted by molar-refractivity contribution is 6.33. The molecule has 29 heavy (non-hydrogen) atoms. The first-order valence-corrected chi connectivity index (χ1v) is 9.27. The van der Waals surface area contributed by atoms with Crippen LogP contribution in [0.2, 0.25) is 5.02 Å². The first-order chi connectivity index (χ1) is 13.5. The number of alkyl halides is 6. The number of halogens is 7. The fourth-order valence-corrected chi connectivity index (χ4v) is 3.39. The molecule has 1 saturated carbocycles. The van der Waals surface area contributed by atoms with Gasteiger partial charge in [-0.2, -0.15) is 31.3 Å². The maximum Gasteiger partial charge on any atom is 0.433 e. The van der Waals surface area contributed by atoms with Crippen LogP contribution in [0, 0.1) is 0 Å². The summed E-state index contributed by atoms with van der Waals surface area (Å²) in [6, 6.07) is 3.54. The summed E-state index contributed by atoms with van der Waals surface area (Å²) in [6.07, 6.45) is -5.14. The van der Waals surface area contributed by atoms with Gasteiger partial charge in [-0.3, -0.25) is 0 Å². The molecule has 2 aromatic rings. The van der Waals surface area contributed by atoms with E-state index in [1.165, 1.54) is 6.07 Å². The smallest absolute Gasteiger partial charge is 0.351 e. The molecular weight excluding hydrogens is 422 g/mol. The maximum absolute atomic E-state index is 13.3. The molecule has 0 aliphatic heterocycles. The van der Waals surface area contributed by atoms with Crippen LogP contribution in [0.15, 0.2) is 24.3 Å². The number of anilines is 3. The van der Waals surface area contributed by atoms with Crippen LogP contribution in [0.25, 0.3) is 0 Å². The molecule has 11 heteroatoms. The molecule has 1 aromatic heterocycles. The fraction of sp³-hybridized carbons (Fsp3) is 0.444. The molecule has 2 N–H and O–H groups in total. The van der Waals surface area contributed by atoms with Crippen molar-refractivity contribution in [2.24, 2.45) is 0 Å². The second-order valence-corrected chi connectivity index (χ2v) is 7.13. The number of nitrogens with zero attached hydrogens (tertiary/aromatic N) is 2. The Morgan fingerprint density at radius 3 is 2.24 bits per heavy atom. The van der Waals surface area contributed by atoms with Crippen molar-refractivity contribution in [1.29, 1.82) is 0 Å². The first kappa shape index (κ1) is 21.5. The number of para-hydroxylation sites is 1. The molecule has 0 amide bonds. The minimum absolute atomic E-state index is 0.0915. The molecule has 0 spiro atoms. The van der Waals surface area contributed by atoms with E-state index in [2.05, 4.69) is 20.6 Å². The topological polar surface area (TPSA) is 49.8 Å². The van der Waals surface area contributed by atoms with Gasteiger partial charge in [-0.15, -0.1) is 0 Å². The lowest BCUT2D eigenvalue weighted by molar-refractivity contribution is -0.141. The van der Waals surface area contributed by atoms with E-state index >= 15 is 0 Å². The Bertz CT molecular complexity index is 862. The van der Waals surface area contributed by atoms with Crippen LogP contribution in [0.1, 0.15) is 43.4 Å². The van der Waals surface area contributed by atoms with E-state index in [-0.39, 0.29) is 17.0 Å². The van der Waals surface area contributed by atoms with Crippen molar-refractivity contribution >= 4 is 29.1 Å². The van der Waals surface area contributed by atoms with Crippen molar-refractivity contribution < 1.29 is 26.3 Å². The van der Waals surface area contributed by atoms with Gasteiger partial charge in [0.1, 0.15) is 5.82 Å². The van der Waals surface area contributed by atoms with Crippen molar-refractivity contribution in [1.82, 2.24) is 9.97 Å². The molecule has 0 bridgehead atoms. The van der Waals surface area contributed by atoms with Gasteiger partial charge in [-0.05, 0) is 25.0 Å². The Labute approximate surface area is 167 Å². The van der Waals surface area contributed by atoms with E-state index in [0.29, 0.717) is 6.07 Å². The van der Waals surface area contributed by atoms with Gasteiger partial charge >= 0.3 is 12.4 Å². The summed E-state index contributed by atoms with van der Waals surface area (Å²) in [5, 5.41) is 4.86. The van der Waals surface area contributed by atoms with Gasteiger partial charge < -0.3 is 10.6 Å². The van der Waals surface area contributed by atoms with Crippen LogP contribution in [-0.4, -0.2) is 16.0 Å². The second kappa shape index (κ2) is 8.25. The Morgan fingerprint density at radius 2 is 1.62 bits per heavy atom.